The van der Waals surface area contributed by atoms with E-state index in [4.69, 9.17) is 9.47 Å². The Morgan fingerprint density at radius 2 is 1.70 bits per heavy atom. The fourth-order valence-electron chi connectivity index (χ4n) is 1.74. The molecule has 7 nitrogen and oxygen atoms in total. The molecular weight excluding hydrogens is 370 g/mol. The van der Waals surface area contributed by atoms with Crippen LogP contribution in [0.4, 0.5) is 0 Å². The zero-order valence-electron chi connectivity index (χ0n) is 17.4. The number of hydrogen-bond donors (Lipinski definition) is 2. The Morgan fingerprint density at radius 3 is 2.26 bits per heavy atom. The van der Waals surface area contributed by atoms with E-state index in [1.54, 1.807) is 13.8 Å². The number of aliphatic hydroxyl groups is 1. The lowest BCUT2D eigenvalue weighted by atomic mass is 9.91. The Bertz CT molecular complexity index is 481. The number of esters is 2. The van der Waals surface area contributed by atoms with Crippen molar-refractivity contribution >= 4 is 29.6 Å². The van der Waals surface area contributed by atoms with Crippen LogP contribution in [0, 0.1) is 11.3 Å². The van der Waals surface area contributed by atoms with E-state index in [0.717, 1.165) is 0 Å². The highest BCUT2D eigenvalue weighted by Gasteiger charge is 2.27. The average molecular weight is 406 g/mol. The second-order valence-corrected chi connectivity index (χ2v) is 8.71. The summed E-state index contributed by atoms with van der Waals surface area (Å²) in [4.78, 5) is 35.3. The molecule has 0 aliphatic carbocycles. The molecule has 158 valence electrons. The highest BCUT2D eigenvalue weighted by atomic mass is 32.2. The maximum Gasteiger partial charge on any atom is 0.311 e. The van der Waals surface area contributed by atoms with Crippen LogP contribution in [0.3, 0.4) is 0 Å². The molecule has 0 heterocycles. The molecule has 0 bridgehead atoms. The third-order valence-corrected chi connectivity index (χ3v) is 5.21. The summed E-state index contributed by atoms with van der Waals surface area (Å²) in [7, 11) is 0. The van der Waals surface area contributed by atoms with Crippen LogP contribution in [0.2, 0.25) is 0 Å². The SMILES string of the molecule is CCC(C)(C)C(=O)OCC(O)COC(=O)CCSCC(C)C(=O)NC(C)C. The third-order valence-electron chi connectivity index (χ3n) is 3.98. The molecule has 0 saturated carbocycles. The molecule has 0 aliphatic rings. The minimum absolute atomic E-state index is 0.00370. The number of ether oxygens (including phenoxy) is 2. The van der Waals surface area contributed by atoms with Crippen LogP contribution in [0.25, 0.3) is 0 Å². The van der Waals surface area contributed by atoms with Gasteiger partial charge in [-0.25, -0.2) is 0 Å². The van der Waals surface area contributed by atoms with Gasteiger partial charge in [0.1, 0.15) is 19.3 Å². The molecule has 0 aliphatic heterocycles. The topological polar surface area (TPSA) is 102 Å². The predicted octanol–water partition coefficient (Wildman–Crippen LogP) is 2.15. The molecule has 0 rings (SSSR count). The second kappa shape index (κ2) is 13.0. The van der Waals surface area contributed by atoms with Gasteiger partial charge < -0.3 is 19.9 Å². The minimum Gasteiger partial charge on any atom is -0.463 e. The van der Waals surface area contributed by atoms with Crippen molar-refractivity contribution in [3.05, 3.63) is 0 Å². The van der Waals surface area contributed by atoms with Gasteiger partial charge in [-0.05, 0) is 34.1 Å². The molecule has 2 unspecified atom stereocenters. The van der Waals surface area contributed by atoms with Gasteiger partial charge in [-0.1, -0.05) is 13.8 Å². The lowest BCUT2D eigenvalue weighted by Gasteiger charge is -2.21. The van der Waals surface area contributed by atoms with Crippen molar-refractivity contribution in [2.24, 2.45) is 11.3 Å². The van der Waals surface area contributed by atoms with Gasteiger partial charge in [0, 0.05) is 23.5 Å². The molecule has 0 spiro atoms. The van der Waals surface area contributed by atoms with Gasteiger partial charge in [0.15, 0.2) is 0 Å². The van der Waals surface area contributed by atoms with E-state index in [-0.39, 0.29) is 43.5 Å². The Balaban J connectivity index is 3.88. The van der Waals surface area contributed by atoms with Crippen molar-refractivity contribution in [1.82, 2.24) is 5.32 Å². The first kappa shape index (κ1) is 25.7. The number of carbonyl (C=O) groups is 3. The number of rotatable bonds is 13. The van der Waals surface area contributed by atoms with E-state index in [2.05, 4.69) is 5.32 Å². The summed E-state index contributed by atoms with van der Waals surface area (Å²) < 4.78 is 10.0. The first-order chi connectivity index (χ1) is 12.5. The average Bonchev–Trinajstić information content (AvgIpc) is 2.60. The Morgan fingerprint density at radius 1 is 1.11 bits per heavy atom. The third kappa shape index (κ3) is 11.9. The van der Waals surface area contributed by atoms with Gasteiger partial charge in [-0.15, -0.1) is 0 Å². The summed E-state index contributed by atoms with van der Waals surface area (Å²) in [6, 6.07) is 0.110. The van der Waals surface area contributed by atoms with Gasteiger partial charge in [-0.2, -0.15) is 11.8 Å². The molecule has 0 aromatic rings. The predicted molar refractivity (Wildman–Crippen MR) is 106 cm³/mol. The largest absolute Gasteiger partial charge is 0.463 e. The molecular formula is C19H35NO6S. The van der Waals surface area contributed by atoms with Crippen LogP contribution < -0.4 is 5.32 Å². The Labute approximate surface area is 166 Å². The van der Waals surface area contributed by atoms with Crippen LogP contribution >= 0.6 is 11.8 Å². The highest BCUT2D eigenvalue weighted by molar-refractivity contribution is 7.99. The summed E-state index contributed by atoms with van der Waals surface area (Å²) in [6.07, 6.45) is -0.219. The summed E-state index contributed by atoms with van der Waals surface area (Å²) in [5.41, 5.74) is -0.600. The smallest absolute Gasteiger partial charge is 0.311 e. The van der Waals surface area contributed by atoms with E-state index in [1.165, 1.54) is 11.8 Å². The van der Waals surface area contributed by atoms with E-state index in [0.29, 0.717) is 17.9 Å². The van der Waals surface area contributed by atoms with Crippen LogP contribution in [0.1, 0.15) is 54.4 Å². The monoisotopic (exact) mass is 405 g/mol. The second-order valence-electron chi connectivity index (χ2n) is 7.56. The van der Waals surface area contributed by atoms with Crippen molar-refractivity contribution in [3.8, 4) is 0 Å². The van der Waals surface area contributed by atoms with Gasteiger partial charge in [0.05, 0.1) is 11.8 Å². The molecule has 0 aromatic carbocycles. The minimum atomic E-state index is -1.04. The zero-order valence-corrected chi connectivity index (χ0v) is 18.2. The normalized spacial score (nSPS) is 13.8. The molecule has 0 aromatic heterocycles. The summed E-state index contributed by atoms with van der Waals surface area (Å²) in [6.45, 7) is 10.7. The zero-order chi connectivity index (χ0) is 21.0. The number of carbonyl (C=O) groups excluding carboxylic acids is 3. The Kier molecular flexibility index (Phi) is 12.4. The fraction of sp³-hybridized carbons (Fsp3) is 0.842. The number of amides is 1. The molecule has 0 saturated heterocycles. The maximum absolute atomic E-state index is 11.8. The number of aliphatic hydroxyl groups excluding tert-OH is 1. The summed E-state index contributed by atoms with van der Waals surface area (Å²) in [5.74, 6) is 0.218. The lowest BCUT2D eigenvalue weighted by molar-refractivity contribution is -0.159. The van der Waals surface area contributed by atoms with Crippen molar-refractivity contribution in [3.63, 3.8) is 0 Å². The number of nitrogens with one attached hydrogen (secondary N) is 1. The molecule has 8 heteroatoms. The van der Waals surface area contributed by atoms with Gasteiger partial charge in [0.25, 0.3) is 0 Å². The van der Waals surface area contributed by atoms with E-state index in [1.807, 2.05) is 27.7 Å². The highest BCUT2D eigenvalue weighted by Crippen LogP contribution is 2.21. The summed E-state index contributed by atoms with van der Waals surface area (Å²) in [5, 5.41) is 12.6. The maximum atomic E-state index is 11.8. The standard InChI is InChI=1S/C19H35NO6S/c1-7-19(5,6)18(24)26-11-15(21)10-25-16(22)8-9-27-12-14(4)17(23)20-13(2)3/h13-15,21H,7-12H2,1-6H3,(H,20,23). The van der Waals surface area contributed by atoms with Gasteiger partial charge in [-0.3, -0.25) is 14.4 Å². The van der Waals surface area contributed by atoms with E-state index < -0.39 is 17.5 Å². The quantitative estimate of drug-likeness (QED) is 0.357. The van der Waals surface area contributed by atoms with Crippen LogP contribution in [-0.4, -0.2) is 59.8 Å². The molecule has 0 fully saturated rings. The van der Waals surface area contributed by atoms with Crippen molar-refractivity contribution < 1.29 is 29.0 Å². The summed E-state index contributed by atoms with van der Waals surface area (Å²) >= 11 is 1.51. The van der Waals surface area contributed by atoms with Crippen molar-refractivity contribution in [2.75, 3.05) is 24.7 Å². The van der Waals surface area contributed by atoms with Crippen molar-refractivity contribution in [2.45, 2.75) is 66.5 Å². The molecule has 0 radical (unpaired) electrons. The van der Waals surface area contributed by atoms with Crippen molar-refractivity contribution in [1.29, 1.82) is 0 Å². The first-order valence-corrected chi connectivity index (χ1v) is 10.5. The van der Waals surface area contributed by atoms with Crippen LogP contribution in [-0.2, 0) is 23.9 Å². The molecule has 1 amide bonds. The van der Waals surface area contributed by atoms with Gasteiger partial charge >= 0.3 is 11.9 Å². The van der Waals surface area contributed by atoms with E-state index >= 15 is 0 Å². The fourth-order valence-corrected chi connectivity index (χ4v) is 2.72. The van der Waals surface area contributed by atoms with Crippen LogP contribution in [0.15, 0.2) is 0 Å². The lowest BCUT2D eigenvalue weighted by Crippen LogP contribution is -2.35. The molecule has 2 atom stereocenters. The van der Waals surface area contributed by atoms with Gasteiger partial charge in [0.2, 0.25) is 5.91 Å². The molecule has 2 N–H and O–H groups in total. The number of hydrogen-bond acceptors (Lipinski definition) is 7. The Hall–Kier alpha value is -1.28. The molecule has 27 heavy (non-hydrogen) atoms. The van der Waals surface area contributed by atoms with Crippen LogP contribution in [0.5, 0.6) is 0 Å². The first-order valence-electron chi connectivity index (χ1n) is 9.38. The van der Waals surface area contributed by atoms with E-state index in [9.17, 15) is 19.5 Å². The number of thioether (sulfide) groups is 1.